The summed E-state index contributed by atoms with van der Waals surface area (Å²) in [5.41, 5.74) is 0. The molecule has 0 aliphatic heterocycles. The Morgan fingerprint density at radius 1 is 1.22 bits per heavy atom. The molecule has 0 unspecified atom stereocenters. The standard InChI is InChI=1S/C3H9ClSi.C3H8O/c1-5(2,3)4;1-3(2)4/h1-3H3;3-4H,1-2H3. The molecule has 0 heterocycles. The molecule has 0 bridgehead atoms. The largest absolute Gasteiger partial charge is 0.394 e. The zero-order valence-electron chi connectivity index (χ0n) is 6.90. The molecule has 0 aromatic carbocycles. The van der Waals surface area contributed by atoms with Crippen molar-refractivity contribution in [3.8, 4) is 0 Å². The van der Waals surface area contributed by atoms with Crippen LogP contribution in [0.1, 0.15) is 13.8 Å². The molecule has 0 spiro atoms. The van der Waals surface area contributed by atoms with Gasteiger partial charge in [0.2, 0.25) is 0 Å². The van der Waals surface area contributed by atoms with Crippen molar-refractivity contribution in [3.63, 3.8) is 0 Å². The predicted octanol–water partition coefficient (Wildman–Crippen LogP) is 2.45. The summed E-state index contributed by atoms with van der Waals surface area (Å²) >= 11 is 5.67. The summed E-state index contributed by atoms with van der Waals surface area (Å²) < 4.78 is 0. The third kappa shape index (κ3) is 1620. The first-order valence-corrected chi connectivity index (χ1v) is 7.61. The molecule has 0 aliphatic carbocycles. The lowest BCUT2D eigenvalue weighted by Gasteiger charge is -1.97. The lowest BCUT2D eigenvalue weighted by molar-refractivity contribution is 0.216. The van der Waals surface area contributed by atoms with Gasteiger partial charge in [-0.3, -0.25) is 0 Å². The van der Waals surface area contributed by atoms with Crippen LogP contribution in [0.4, 0.5) is 0 Å². The van der Waals surface area contributed by atoms with Crippen LogP contribution in [0.3, 0.4) is 0 Å². The molecule has 0 aliphatic rings. The van der Waals surface area contributed by atoms with Crippen LogP contribution in [0.2, 0.25) is 19.6 Å². The first-order valence-electron chi connectivity index (χ1n) is 3.10. The zero-order chi connectivity index (χ0) is 8.08. The Labute approximate surface area is 63.8 Å². The summed E-state index contributed by atoms with van der Waals surface area (Å²) in [6.07, 6.45) is -0.167. The molecular formula is C6H17ClOSi. The van der Waals surface area contributed by atoms with Crippen molar-refractivity contribution in [1.82, 2.24) is 0 Å². The summed E-state index contributed by atoms with van der Waals surface area (Å²) in [6.45, 7) is 9.72. The molecule has 0 atom stereocenters. The average Bonchev–Trinajstić information content (AvgIpc) is 1.19. The lowest BCUT2D eigenvalue weighted by Crippen LogP contribution is -2.06. The molecule has 1 N–H and O–H groups in total. The second-order valence-electron chi connectivity index (χ2n) is 3.16. The van der Waals surface area contributed by atoms with E-state index in [1.54, 1.807) is 13.8 Å². The first-order chi connectivity index (χ1) is 3.73. The van der Waals surface area contributed by atoms with Crippen LogP contribution >= 0.6 is 11.1 Å². The molecule has 0 rings (SSSR count). The minimum atomic E-state index is -1.14. The Morgan fingerprint density at radius 2 is 1.22 bits per heavy atom. The van der Waals surface area contributed by atoms with Crippen molar-refractivity contribution >= 4 is 18.5 Å². The number of aliphatic hydroxyl groups is 1. The van der Waals surface area contributed by atoms with Gasteiger partial charge in [-0.15, -0.1) is 0 Å². The normalized spacial score (nSPS) is 10.7. The Morgan fingerprint density at radius 3 is 1.22 bits per heavy atom. The summed E-state index contributed by atoms with van der Waals surface area (Å²) in [5, 5.41) is 8.06. The fourth-order valence-electron chi connectivity index (χ4n) is 0. The maximum Gasteiger partial charge on any atom is 0.147 e. The van der Waals surface area contributed by atoms with E-state index >= 15 is 0 Å². The van der Waals surface area contributed by atoms with Gasteiger partial charge in [0.05, 0.1) is 0 Å². The van der Waals surface area contributed by atoms with Crippen LogP contribution < -0.4 is 0 Å². The Bertz CT molecular complexity index is 49.8. The third-order valence-electron chi connectivity index (χ3n) is 0. The first kappa shape index (κ1) is 12.2. The van der Waals surface area contributed by atoms with E-state index in [1.807, 2.05) is 0 Å². The second kappa shape index (κ2) is 5.27. The molecular weight excluding hydrogens is 152 g/mol. The average molecular weight is 169 g/mol. The van der Waals surface area contributed by atoms with E-state index in [2.05, 4.69) is 19.6 Å². The van der Waals surface area contributed by atoms with E-state index in [0.29, 0.717) is 0 Å². The van der Waals surface area contributed by atoms with Gasteiger partial charge in [-0.25, -0.2) is 0 Å². The second-order valence-corrected chi connectivity index (χ2v) is 10.7. The molecule has 1 nitrogen and oxygen atoms in total. The van der Waals surface area contributed by atoms with Crippen molar-refractivity contribution in [2.45, 2.75) is 39.6 Å². The summed E-state index contributed by atoms with van der Waals surface area (Å²) in [6, 6.07) is 0. The Hall–Kier alpha value is 0.467. The van der Waals surface area contributed by atoms with E-state index in [1.165, 1.54) is 0 Å². The van der Waals surface area contributed by atoms with Crippen molar-refractivity contribution in [1.29, 1.82) is 0 Å². The van der Waals surface area contributed by atoms with Gasteiger partial charge < -0.3 is 5.11 Å². The van der Waals surface area contributed by atoms with E-state index in [4.69, 9.17) is 16.2 Å². The van der Waals surface area contributed by atoms with Crippen molar-refractivity contribution in [2.24, 2.45) is 0 Å². The topological polar surface area (TPSA) is 20.2 Å². The van der Waals surface area contributed by atoms with E-state index in [0.717, 1.165) is 0 Å². The van der Waals surface area contributed by atoms with Gasteiger partial charge in [-0.05, 0) is 13.8 Å². The Kier molecular flexibility index (Phi) is 7.12. The monoisotopic (exact) mass is 168 g/mol. The van der Waals surface area contributed by atoms with Crippen molar-refractivity contribution in [2.75, 3.05) is 0 Å². The van der Waals surface area contributed by atoms with Gasteiger partial charge in [-0.1, -0.05) is 19.6 Å². The van der Waals surface area contributed by atoms with E-state index in [9.17, 15) is 0 Å². The van der Waals surface area contributed by atoms with Gasteiger partial charge in [0.15, 0.2) is 0 Å². The summed E-state index contributed by atoms with van der Waals surface area (Å²) in [5.74, 6) is 0. The van der Waals surface area contributed by atoms with Crippen LogP contribution in [-0.2, 0) is 0 Å². The van der Waals surface area contributed by atoms with Gasteiger partial charge in [0.25, 0.3) is 0 Å². The maximum absolute atomic E-state index is 8.06. The van der Waals surface area contributed by atoms with Crippen LogP contribution in [0.25, 0.3) is 0 Å². The van der Waals surface area contributed by atoms with Crippen molar-refractivity contribution < 1.29 is 5.11 Å². The van der Waals surface area contributed by atoms with Crippen LogP contribution in [0.15, 0.2) is 0 Å². The number of halogens is 1. The fourth-order valence-corrected chi connectivity index (χ4v) is 0. The predicted molar refractivity (Wildman–Crippen MR) is 46.6 cm³/mol. The number of aliphatic hydroxyl groups excluding tert-OH is 1. The highest BCUT2D eigenvalue weighted by molar-refractivity contribution is 7.18. The third-order valence-corrected chi connectivity index (χ3v) is 0. The van der Waals surface area contributed by atoms with Gasteiger partial charge >= 0.3 is 0 Å². The molecule has 0 aromatic rings. The van der Waals surface area contributed by atoms with E-state index < -0.39 is 7.38 Å². The van der Waals surface area contributed by atoms with E-state index in [-0.39, 0.29) is 6.10 Å². The smallest absolute Gasteiger partial charge is 0.147 e. The van der Waals surface area contributed by atoms with Gasteiger partial charge in [-0.2, -0.15) is 11.1 Å². The SMILES string of the molecule is CC(C)O.C[Si](C)(C)Cl. The molecule has 0 saturated carbocycles. The van der Waals surface area contributed by atoms with Crippen LogP contribution in [0, 0.1) is 0 Å². The van der Waals surface area contributed by atoms with Crippen LogP contribution in [0.5, 0.6) is 0 Å². The van der Waals surface area contributed by atoms with Crippen molar-refractivity contribution in [3.05, 3.63) is 0 Å². The summed E-state index contributed by atoms with van der Waals surface area (Å²) in [4.78, 5) is 0. The fraction of sp³-hybridized carbons (Fsp3) is 1.00. The molecule has 58 valence electrons. The minimum Gasteiger partial charge on any atom is -0.394 e. The molecule has 0 amide bonds. The highest BCUT2D eigenvalue weighted by Gasteiger charge is 2.04. The number of hydrogen-bond donors (Lipinski definition) is 1. The quantitative estimate of drug-likeness (QED) is 0.435. The number of rotatable bonds is 0. The molecule has 0 aromatic heterocycles. The zero-order valence-corrected chi connectivity index (χ0v) is 8.66. The summed E-state index contributed by atoms with van der Waals surface area (Å²) in [7, 11) is -1.14. The lowest BCUT2D eigenvalue weighted by atomic mass is 10.5. The highest BCUT2D eigenvalue weighted by Crippen LogP contribution is 2.03. The molecule has 3 heteroatoms. The maximum atomic E-state index is 8.06. The molecule has 0 fully saturated rings. The van der Waals surface area contributed by atoms with Gasteiger partial charge in [0.1, 0.15) is 7.38 Å². The molecule has 9 heavy (non-hydrogen) atoms. The Balaban J connectivity index is 0. The highest BCUT2D eigenvalue weighted by atomic mass is 35.6. The molecule has 0 saturated heterocycles. The molecule has 0 radical (unpaired) electrons. The van der Waals surface area contributed by atoms with Gasteiger partial charge in [0, 0.05) is 6.10 Å². The minimum absolute atomic E-state index is 0.167. The van der Waals surface area contributed by atoms with Crippen LogP contribution in [-0.4, -0.2) is 18.6 Å². The number of hydrogen-bond acceptors (Lipinski definition) is 1.